The van der Waals surface area contributed by atoms with Crippen LogP contribution in [0.15, 0.2) is 36.3 Å². The molecule has 0 radical (unpaired) electrons. The second-order valence-electron chi connectivity index (χ2n) is 2.33. The Kier molecular flexibility index (Phi) is 1.55. The van der Waals surface area contributed by atoms with Crippen molar-refractivity contribution in [3.05, 3.63) is 41.8 Å². The third-order valence-electron chi connectivity index (χ3n) is 1.45. The van der Waals surface area contributed by atoms with Gasteiger partial charge >= 0.3 is 12.1 Å². The van der Waals surface area contributed by atoms with Crippen LogP contribution in [-0.2, 0) is 9.47 Å². The lowest BCUT2D eigenvalue weighted by Gasteiger charge is -2.14. The molecule has 1 aliphatic heterocycles. The summed E-state index contributed by atoms with van der Waals surface area (Å²) >= 11 is 0. The number of cyclic esters (lactones) is 2. The van der Waals surface area contributed by atoms with Crippen LogP contribution in [0.3, 0.4) is 0 Å². The van der Waals surface area contributed by atoms with Gasteiger partial charge in [-0.3, -0.25) is 0 Å². The monoisotopic (exact) mass is 162 g/mol. The summed E-state index contributed by atoms with van der Waals surface area (Å²) < 4.78 is 9.09. The predicted octanol–water partition coefficient (Wildman–Crippen LogP) is 2.15. The van der Waals surface area contributed by atoms with Gasteiger partial charge in [0.15, 0.2) is 0 Å². The molecule has 0 unspecified atom stereocenters. The quantitative estimate of drug-likeness (QED) is 0.593. The van der Waals surface area contributed by atoms with Crippen molar-refractivity contribution in [2.45, 2.75) is 0 Å². The van der Waals surface area contributed by atoms with Crippen LogP contribution in [0.4, 0.5) is 4.79 Å². The number of hydrogen-bond acceptors (Lipinski definition) is 3. The van der Waals surface area contributed by atoms with Crippen molar-refractivity contribution in [3.8, 4) is 0 Å². The zero-order chi connectivity index (χ0) is 8.39. The predicted molar refractivity (Wildman–Crippen MR) is 42.0 cm³/mol. The molecule has 0 atom stereocenters. The molecule has 1 saturated heterocycles. The van der Waals surface area contributed by atoms with Crippen LogP contribution in [-0.4, -0.2) is 6.16 Å². The Bertz CT molecular complexity index is 317. The van der Waals surface area contributed by atoms with E-state index in [-0.39, 0.29) is 5.95 Å². The van der Waals surface area contributed by atoms with Crippen LogP contribution in [0.25, 0.3) is 6.08 Å². The third-order valence-corrected chi connectivity index (χ3v) is 1.45. The normalized spacial score (nSPS) is 14.3. The van der Waals surface area contributed by atoms with E-state index in [9.17, 15) is 4.79 Å². The lowest BCUT2D eigenvalue weighted by Crippen LogP contribution is -2.19. The average molecular weight is 162 g/mol. The minimum atomic E-state index is -0.641. The van der Waals surface area contributed by atoms with Gasteiger partial charge in [-0.15, -0.1) is 0 Å². The first-order chi connectivity index (χ1) is 5.84. The van der Waals surface area contributed by atoms with Gasteiger partial charge in [0.1, 0.15) is 0 Å². The van der Waals surface area contributed by atoms with Gasteiger partial charge in [-0.1, -0.05) is 30.3 Å². The molecule has 1 heterocycles. The van der Waals surface area contributed by atoms with E-state index < -0.39 is 6.16 Å². The van der Waals surface area contributed by atoms with Gasteiger partial charge in [-0.05, 0) is 5.56 Å². The Labute approximate surface area is 69.2 Å². The molecule has 1 aromatic rings. The van der Waals surface area contributed by atoms with E-state index in [2.05, 4.69) is 9.47 Å². The molecule has 0 amide bonds. The van der Waals surface area contributed by atoms with E-state index in [1.807, 2.05) is 30.3 Å². The molecule has 12 heavy (non-hydrogen) atoms. The maximum atomic E-state index is 10.2. The zero-order valence-electron chi connectivity index (χ0n) is 6.19. The van der Waals surface area contributed by atoms with Crippen molar-refractivity contribution in [3.63, 3.8) is 0 Å². The fourth-order valence-electron chi connectivity index (χ4n) is 0.916. The molecule has 3 heteroatoms. The van der Waals surface area contributed by atoms with Crippen LogP contribution in [0, 0.1) is 0 Å². The van der Waals surface area contributed by atoms with E-state index in [4.69, 9.17) is 0 Å². The molecule has 0 bridgehead atoms. The van der Waals surface area contributed by atoms with E-state index in [1.54, 1.807) is 6.08 Å². The van der Waals surface area contributed by atoms with Crippen LogP contribution >= 0.6 is 0 Å². The van der Waals surface area contributed by atoms with Gasteiger partial charge in [0.05, 0.1) is 0 Å². The Morgan fingerprint density at radius 1 is 1.08 bits per heavy atom. The summed E-state index contributed by atoms with van der Waals surface area (Å²) in [5.74, 6) is 0.256. The van der Waals surface area contributed by atoms with Gasteiger partial charge in [-0.25, -0.2) is 4.79 Å². The first-order valence-corrected chi connectivity index (χ1v) is 3.51. The fourth-order valence-corrected chi connectivity index (χ4v) is 0.916. The van der Waals surface area contributed by atoms with Crippen molar-refractivity contribution >= 4 is 12.2 Å². The maximum Gasteiger partial charge on any atom is 0.524 e. The highest BCUT2D eigenvalue weighted by atomic mass is 16.9. The topological polar surface area (TPSA) is 35.5 Å². The highest BCUT2D eigenvalue weighted by Crippen LogP contribution is 2.17. The molecular weight excluding hydrogens is 156 g/mol. The van der Waals surface area contributed by atoms with Gasteiger partial charge in [-0.2, -0.15) is 0 Å². The number of ether oxygens (including phenoxy) is 2. The molecule has 0 saturated carbocycles. The molecular formula is C9H6O3. The SMILES string of the molecule is O=C1OC(=Cc2ccccc2)O1. The van der Waals surface area contributed by atoms with E-state index in [1.165, 1.54) is 0 Å². The first kappa shape index (κ1) is 6.91. The number of benzene rings is 1. The number of carbonyl (C=O) groups excluding carboxylic acids is 1. The highest BCUT2D eigenvalue weighted by Gasteiger charge is 2.23. The number of hydrogen-bond donors (Lipinski definition) is 0. The minimum absolute atomic E-state index is 0.256. The summed E-state index contributed by atoms with van der Waals surface area (Å²) in [4.78, 5) is 10.2. The Hall–Kier alpha value is -1.77. The largest absolute Gasteiger partial charge is 0.524 e. The second kappa shape index (κ2) is 2.70. The Morgan fingerprint density at radius 3 is 2.33 bits per heavy atom. The van der Waals surface area contributed by atoms with Crippen molar-refractivity contribution in [1.82, 2.24) is 0 Å². The molecule has 60 valence electrons. The summed E-state index contributed by atoms with van der Waals surface area (Å²) in [6.45, 7) is 0. The summed E-state index contributed by atoms with van der Waals surface area (Å²) in [5, 5.41) is 0. The van der Waals surface area contributed by atoms with Gasteiger partial charge in [0.25, 0.3) is 0 Å². The Balaban J connectivity index is 2.14. The van der Waals surface area contributed by atoms with Gasteiger partial charge in [0, 0.05) is 6.08 Å². The molecule has 1 aliphatic rings. The zero-order valence-corrected chi connectivity index (χ0v) is 6.19. The van der Waals surface area contributed by atoms with Gasteiger partial charge < -0.3 is 9.47 Å². The number of rotatable bonds is 1. The van der Waals surface area contributed by atoms with Crippen LogP contribution in [0.1, 0.15) is 5.56 Å². The molecule has 0 aliphatic carbocycles. The first-order valence-electron chi connectivity index (χ1n) is 3.51. The summed E-state index contributed by atoms with van der Waals surface area (Å²) in [5.41, 5.74) is 0.944. The summed E-state index contributed by atoms with van der Waals surface area (Å²) in [6, 6.07) is 9.49. The molecule has 2 rings (SSSR count). The molecule has 0 N–H and O–H groups in total. The van der Waals surface area contributed by atoms with Crippen molar-refractivity contribution in [2.24, 2.45) is 0 Å². The third kappa shape index (κ3) is 1.29. The number of carbonyl (C=O) groups is 1. The summed E-state index contributed by atoms with van der Waals surface area (Å²) in [7, 11) is 0. The smallest absolute Gasteiger partial charge is 0.360 e. The molecule has 0 aromatic heterocycles. The van der Waals surface area contributed by atoms with Crippen molar-refractivity contribution in [1.29, 1.82) is 0 Å². The second-order valence-corrected chi connectivity index (χ2v) is 2.33. The van der Waals surface area contributed by atoms with E-state index in [0.717, 1.165) is 5.56 Å². The van der Waals surface area contributed by atoms with Crippen molar-refractivity contribution < 1.29 is 14.3 Å². The highest BCUT2D eigenvalue weighted by molar-refractivity contribution is 5.71. The molecule has 0 spiro atoms. The minimum Gasteiger partial charge on any atom is -0.360 e. The molecule has 1 fully saturated rings. The van der Waals surface area contributed by atoms with E-state index >= 15 is 0 Å². The molecule has 1 aromatic carbocycles. The lowest BCUT2D eigenvalue weighted by atomic mass is 10.2. The standard InChI is InChI=1S/C9H6O3/c10-9-11-8(12-9)6-7-4-2-1-3-5-7/h1-6H. The summed E-state index contributed by atoms with van der Waals surface area (Å²) in [6.07, 6.45) is 1.01. The lowest BCUT2D eigenvalue weighted by molar-refractivity contribution is -0.0228. The van der Waals surface area contributed by atoms with E-state index in [0.29, 0.717) is 0 Å². The molecule has 3 nitrogen and oxygen atoms in total. The van der Waals surface area contributed by atoms with Gasteiger partial charge in [0.2, 0.25) is 0 Å². The van der Waals surface area contributed by atoms with Crippen molar-refractivity contribution in [2.75, 3.05) is 0 Å². The van der Waals surface area contributed by atoms with Crippen LogP contribution in [0.5, 0.6) is 0 Å². The maximum absolute atomic E-state index is 10.2. The Morgan fingerprint density at radius 2 is 1.75 bits per heavy atom. The average Bonchev–Trinajstić information content (AvgIpc) is 2.04. The van der Waals surface area contributed by atoms with Crippen LogP contribution < -0.4 is 0 Å². The van der Waals surface area contributed by atoms with Crippen LogP contribution in [0.2, 0.25) is 0 Å². The fraction of sp³-hybridized carbons (Fsp3) is 0.